The molecule has 1 saturated heterocycles. The first-order chi connectivity index (χ1) is 10.2. The molecule has 1 aromatic carbocycles. The summed E-state index contributed by atoms with van der Waals surface area (Å²) >= 11 is 0. The number of aryl methyl sites for hydroxylation is 1. The third-order valence-corrected chi connectivity index (χ3v) is 4.00. The number of benzene rings is 1. The summed E-state index contributed by atoms with van der Waals surface area (Å²) in [4.78, 5) is 13.9. The largest absolute Gasteiger partial charge is 0.493 e. The zero-order valence-electron chi connectivity index (χ0n) is 13.5. The van der Waals surface area contributed by atoms with Crippen molar-refractivity contribution in [2.75, 3.05) is 26.7 Å². The van der Waals surface area contributed by atoms with Crippen molar-refractivity contribution >= 4 is 18.3 Å². The van der Waals surface area contributed by atoms with Gasteiger partial charge in [-0.05, 0) is 44.4 Å². The molecule has 0 aliphatic carbocycles. The number of rotatable bonds is 7. The first kappa shape index (κ1) is 18.8. The quantitative estimate of drug-likeness (QED) is 0.783. The SMILES string of the molecule is Cc1ccccc1OCCCN(C)C(=O)CC1CCCN1.Cl. The third kappa shape index (κ3) is 5.85. The zero-order valence-corrected chi connectivity index (χ0v) is 14.3. The van der Waals surface area contributed by atoms with E-state index in [1.165, 1.54) is 6.42 Å². The molecule has 1 heterocycles. The molecule has 1 fully saturated rings. The predicted molar refractivity (Wildman–Crippen MR) is 91.8 cm³/mol. The third-order valence-electron chi connectivity index (χ3n) is 4.00. The van der Waals surface area contributed by atoms with Gasteiger partial charge in [0.25, 0.3) is 0 Å². The number of ether oxygens (including phenoxy) is 1. The molecule has 1 N–H and O–H groups in total. The van der Waals surface area contributed by atoms with Crippen LogP contribution in [0.15, 0.2) is 24.3 Å². The van der Waals surface area contributed by atoms with Crippen molar-refractivity contribution in [1.29, 1.82) is 0 Å². The van der Waals surface area contributed by atoms with Crippen LogP contribution in [0.4, 0.5) is 0 Å². The van der Waals surface area contributed by atoms with Gasteiger partial charge in [-0.15, -0.1) is 12.4 Å². The molecule has 5 heteroatoms. The number of carbonyl (C=O) groups is 1. The summed E-state index contributed by atoms with van der Waals surface area (Å²) in [5.41, 5.74) is 1.15. The molecule has 4 nitrogen and oxygen atoms in total. The highest BCUT2D eigenvalue weighted by Gasteiger charge is 2.19. The molecular weight excluding hydrogens is 300 g/mol. The van der Waals surface area contributed by atoms with Gasteiger partial charge in [0, 0.05) is 26.1 Å². The number of halogens is 1. The van der Waals surface area contributed by atoms with Crippen molar-refractivity contribution in [1.82, 2.24) is 10.2 Å². The summed E-state index contributed by atoms with van der Waals surface area (Å²) in [5, 5.41) is 3.37. The first-order valence-corrected chi connectivity index (χ1v) is 7.82. The maximum Gasteiger partial charge on any atom is 0.223 e. The van der Waals surface area contributed by atoms with Crippen molar-refractivity contribution in [3.05, 3.63) is 29.8 Å². The molecule has 22 heavy (non-hydrogen) atoms. The Morgan fingerprint density at radius 3 is 2.86 bits per heavy atom. The molecule has 124 valence electrons. The van der Waals surface area contributed by atoms with Crippen LogP contribution >= 0.6 is 12.4 Å². The Morgan fingerprint density at radius 2 is 2.18 bits per heavy atom. The minimum Gasteiger partial charge on any atom is -0.493 e. The second-order valence-electron chi connectivity index (χ2n) is 5.78. The summed E-state index contributed by atoms with van der Waals surface area (Å²) in [6.45, 7) is 4.48. The number of hydrogen-bond acceptors (Lipinski definition) is 3. The Kier molecular flexibility index (Phi) is 8.28. The molecule has 0 aromatic heterocycles. The number of amides is 1. The lowest BCUT2D eigenvalue weighted by Gasteiger charge is -2.19. The molecule has 1 aliphatic rings. The van der Waals surface area contributed by atoms with Gasteiger partial charge in [0.05, 0.1) is 6.61 Å². The van der Waals surface area contributed by atoms with Gasteiger partial charge in [-0.2, -0.15) is 0 Å². The minimum absolute atomic E-state index is 0. The van der Waals surface area contributed by atoms with Gasteiger partial charge in [-0.25, -0.2) is 0 Å². The lowest BCUT2D eigenvalue weighted by atomic mass is 10.1. The van der Waals surface area contributed by atoms with E-state index in [-0.39, 0.29) is 18.3 Å². The van der Waals surface area contributed by atoms with Gasteiger partial charge in [-0.3, -0.25) is 4.79 Å². The lowest BCUT2D eigenvalue weighted by Crippen LogP contribution is -2.34. The van der Waals surface area contributed by atoms with Crippen molar-refractivity contribution in [3.63, 3.8) is 0 Å². The molecule has 0 saturated carbocycles. The average molecular weight is 327 g/mol. The fourth-order valence-corrected chi connectivity index (χ4v) is 2.62. The van der Waals surface area contributed by atoms with Crippen LogP contribution in [0.5, 0.6) is 5.75 Å². The smallest absolute Gasteiger partial charge is 0.223 e. The molecule has 1 atom stereocenters. The maximum absolute atomic E-state index is 12.1. The Morgan fingerprint density at radius 1 is 1.41 bits per heavy atom. The number of nitrogens with zero attached hydrogens (tertiary/aromatic N) is 1. The molecule has 0 spiro atoms. The van der Waals surface area contributed by atoms with Gasteiger partial charge >= 0.3 is 0 Å². The van der Waals surface area contributed by atoms with Crippen LogP contribution in [0.1, 0.15) is 31.2 Å². The average Bonchev–Trinajstić information content (AvgIpc) is 2.98. The van der Waals surface area contributed by atoms with Crippen molar-refractivity contribution < 1.29 is 9.53 Å². The molecule has 0 radical (unpaired) electrons. The van der Waals surface area contributed by atoms with E-state index in [0.29, 0.717) is 19.1 Å². The zero-order chi connectivity index (χ0) is 15.1. The summed E-state index contributed by atoms with van der Waals surface area (Å²) in [7, 11) is 1.88. The van der Waals surface area contributed by atoms with E-state index in [1.807, 2.05) is 43.1 Å². The monoisotopic (exact) mass is 326 g/mol. The maximum atomic E-state index is 12.1. The van der Waals surface area contributed by atoms with Crippen molar-refractivity contribution in [3.8, 4) is 5.75 Å². The van der Waals surface area contributed by atoms with Crippen molar-refractivity contribution in [2.45, 2.75) is 38.6 Å². The number of nitrogens with one attached hydrogen (secondary N) is 1. The van der Waals surface area contributed by atoms with Crippen LogP contribution < -0.4 is 10.1 Å². The van der Waals surface area contributed by atoms with E-state index in [9.17, 15) is 4.79 Å². The van der Waals surface area contributed by atoms with Crippen LogP contribution in [-0.2, 0) is 4.79 Å². The highest BCUT2D eigenvalue weighted by molar-refractivity contribution is 5.85. The Hall–Kier alpha value is -1.26. The van der Waals surface area contributed by atoms with Crippen LogP contribution in [0, 0.1) is 6.92 Å². The van der Waals surface area contributed by atoms with Crippen LogP contribution in [0.2, 0.25) is 0 Å². The fraction of sp³-hybridized carbons (Fsp3) is 0.588. The second-order valence-corrected chi connectivity index (χ2v) is 5.78. The van der Waals surface area contributed by atoms with E-state index >= 15 is 0 Å². The lowest BCUT2D eigenvalue weighted by molar-refractivity contribution is -0.130. The molecule has 2 rings (SSSR count). The summed E-state index contributed by atoms with van der Waals surface area (Å²) in [5.74, 6) is 1.16. The van der Waals surface area contributed by atoms with E-state index in [2.05, 4.69) is 5.32 Å². The topological polar surface area (TPSA) is 41.6 Å². The summed E-state index contributed by atoms with van der Waals surface area (Å²) < 4.78 is 5.75. The van der Waals surface area contributed by atoms with Gasteiger partial charge in [-0.1, -0.05) is 18.2 Å². The normalized spacial score (nSPS) is 16.9. The van der Waals surface area contributed by atoms with Crippen LogP contribution in [-0.4, -0.2) is 43.6 Å². The molecule has 1 aromatic rings. The fourth-order valence-electron chi connectivity index (χ4n) is 2.62. The molecule has 1 aliphatic heterocycles. The minimum atomic E-state index is 0. The second kappa shape index (κ2) is 9.70. The first-order valence-electron chi connectivity index (χ1n) is 7.82. The van der Waals surface area contributed by atoms with E-state index in [4.69, 9.17) is 4.74 Å². The van der Waals surface area contributed by atoms with Gasteiger partial charge in [0.15, 0.2) is 0 Å². The van der Waals surface area contributed by atoms with E-state index < -0.39 is 0 Å². The number of carbonyl (C=O) groups excluding carboxylic acids is 1. The Bertz CT molecular complexity index is 462. The molecule has 0 bridgehead atoms. The number of para-hydroxylation sites is 1. The van der Waals surface area contributed by atoms with Gasteiger partial charge < -0.3 is 15.0 Å². The van der Waals surface area contributed by atoms with Crippen LogP contribution in [0.3, 0.4) is 0 Å². The summed E-state index contributed by atoms with van der Waals surface area (Å²) in [6, 6.07) is 8.39. The van der Waals surface area contributed by atoms with E-state index in [0.717, 1.165) is 37.2 Å². The Labute approximate surface area is 139 Å². The van der Waals surface area contributed by atoms with Gasteiger partial charge in [0.1, 0.15) is 5.75 Å². The Balaban J connectivity index is 0.00000242. The van der Waals surface area contributed by atoms with Crippen LogP contribution in [0.25, 0.3) is 0 Å². The van der Waals surface area contributed by atoms with Gasteiger partial charge in [0.2, 0.25) is 5.91 Å². The number of hydrogen-bond donors (Lipinski definition) is 1. The molecule has 1 amide bonds. The van der Waals surface area contributed by atoms with E-state index in [1.54, 1.807) is 0 Å². The molecule has 1 unspecified atom stereocenters. The standard InChI is InChI=1S/C17H26N2O2.ClH/c1-14-7-3-4-9-16(14)21-12-6-11-19(2)17(20)13-15-8-5-10-18-15;/h3-4,7,9,15,18H,5-6,8,10-13H2,1-2H3;1H. The molecular formula is C17H27ClN2O2. The highest BCUT2D eigenvalue weighted by atomic mass is 35.5. The summed E-state index contributed by atoms with van der Waals surface area (Å²) in [6.07, 6.45) is 3.78. The highest BCUT2D eigenvalue weighted by Crippen LogP contribution is 2.16. The predicted octanol–water partition coefficient (Wildman–Crippen LogP) is 2.79. The van der Waals surface area contributed by atoms with Crippen molar-refractivity contribution in [2.24, 2.45) is 0 Å².